The molecule has 1 aromatic carbocycles. The van der Waals surface area contributed by atoms with Gasteiger partial charge in [-0.15, -0.1) is 0 Å². The van der Waals surface area contributed by atoms with E-state index in [0.717, 1.165) is 11.3 Å². The molecule has 0 radical (unpaired) electrons. The molecule has 0 amide bonds. The summed E-state index contributed by atoms with van der Waals surface area (Å²) in [7, 11) is 1.97. The Kier molecular flexibility index (Phi) is 4.71. The molecule has 1 aliphatic heterocycles. The number of nitrogens with zero attached hydrogens (tertiary/aromatic N) is 2. The highest BCUT2D eigenvalue weighted by atomic mass is 19.1. The van der Waals surface area contributed by atoms with E-state index in [1.807, 2.05) is 31.3 Å². The highest BCUT2D eigenvalue weighted by Gasteiger charge is 2.40. The van der Waals surface area contributed by atoms with Crippen molar-refractivity contribution in [2.45, 2.75) is 6.04 Å². The minimum Gasteiger partial charge on any atom is -0.396 e. The van der Waals surface area contributed by atoms with Gasteiger partial charge in [0.25, 0.3) is 0 Å². The summed E-state index contributed by atoms with van der Waals surface area (Å²) in [5.74, 6) is -0.263. The molecule has 5 heteroatoms. The van der Waals surface area contributed by atoms with Gasteiger partial charge in [-0.1, -0.05) is 18.2 Å². The third-order valence-electron chi connectivity index (χ3n) is 4.31. The van der Waals surface area contributed by atoms with Crippen LogP contribution in [0.4, 0.5) is 4.39 Å². The number of aliphatic hydroxyl groups is 1. The topological polar surface area (TPSA) is 45.6 Å². The van der Waals surface area contributed by atoms with Crippen molar-refractivity contribution in [3.63, 3.8) is 0 Å². The van der Waals surface area contributed by atoms with Crippen LogP contribution in [0.25, 0.3) is 0 Å². The minimum atomic E-state index is -0.263. The molecule has 0 saturated carbocycles. The molecule has 2 heterocycles. The molecule has 1 saturated heterocycles. The first-order valence-electron chi connectivity index (χ1n) is 7.69. The molecular weight excluding hydrogens is 295 g/mol. The van der Waals surface area contributed by atoms with Crippen LogP contribution in [0, 0.1) is 11.2 Å². The summed E-state index contributed by atoms with van der Waals surface area (Å²) in [4.78, 5) is 6.56. The van der Waals surface area contributed by atoms with Crippen LogP contribution >= 0.6 is 0 Å². The molecule has 0 spiro atoms. The van der Waals surface area contributed by atoms with Crippen molar-refractivity contribution in [3.05, 3.63) is 65.7 Å². The van der Waals surface area contributed by atoms with E-state index < -0.39 is 0 Å². The SMILES string of the molecule is CN(CC1(CO)COC1)C(c1cccc(F)c1)c1ccccn1. The molecule has 23 heavy (non-hydrogen) atoms. The smallest absolute Gasteiger partial charge is 0.123 e. The number of rotatable bonds is 6. The third kappa shape index (κ3) is 3.42. The zero-order valence-electron chi connectivity index (χ0n) is 13.2. The number of hydrogen-bond donors (Lipinski definition) is 1. The van der Waals surface area contributed by atoms with Gasteiger partial charge in [0.15, 0.2) is 0 Å². The van der Waals surface area contributed by atoms with Crippen molar-refractivity contribution in [2.75, 3.05) is 33.4 Å². The van der Waals surface area contributed by atoms with Crippen LogP contribution in [0.1, 0.15) is 17.3 Å². The van der Waals surface area contributed by atoms with E-state index in [9.17, 15) is 9.50 Å². The van der Waals surface area contributed by atoms with E-state index in [-0.39, 0.29) is 23.9 Å². The van der Waals surface area contributed by atoms with Gasteiger partial charge in [-0.2, -0.15) is 0 Å². The quantitative estimate of drug-likeness (QED) is 0.888. The molecule has 0 bridgehead atoms. The number of aromatic nitrogens is 1. The second-order valence-corrected chi connectivity index (χ2v) is 6.28. The fourth-order valence-corrected chi connectivity index (χ4v) is 3.11. The normalized spacial score (nSPS) is 17.7. The lowest BCUT2D eigenvalue weighted by Gasteiger charge is -2.44. The van der Waals surface area contributed by atoms with Crippen molar-refractivity contribution < 1.29 is 14.2 Å². The fourth-order valence-electron chi connectivity index (χ4n) is 3.11. The summed E-state index contributed by atoms with van der Waals surface area (Å²) >= 11 is 0. The maximum absolute atomic E-state index is 13.7. The molecule has 1 aromatic heterocycles. The van der Waals surface area contributed by atoms with Crippen LogP contribution < -0.4 is 0 Å². The number of pyridine rings is 1. The Labute approximate surface area is 135 Å². The summed E-state index contributed by atoms with van der Waals surface area (Å²) in [6.07, 6.45) is 1.74. The highest BCUT2D eigenvalue weighted by molar-refractivity contribution is 5.28. The van der Waals surface area contributed by atoms with Crippen molar-refractivity contribution in [3.8, 4) is 0 Å². The van der Waals surface area contributed by atoms with E-state index in [1.165, 1.54) is 6.07 Å². The lowest BCUT2D eigenvalue weighted by molar-refractivity contribution is -0.148. The first-order valence-corrected chi connectivity index (χ1v) is 7.69. The maximum Gasteiger partial charge on any atom is 0.123 e. The van der Waals surface area contributed by atoms with Crippen LogP contribution in [-0.2, 0) is 4.74 Å². The van der Waals surface area contributed by atoms with E-state index in [1.54, 1.807) is 18.3 Å². The monoisotopic (exact) mass is 316 g/mol. The summed E-state index contributed by atoms with van der Waals surface area (Å²) in [5.41, 5.74) is 1.46. The van der Waals surface area contributed by atoms with Crippen LogP contribution in [0.5, 0.6) is 0 Å². The molecule has 1 N–H and O–H groups in total. The van der Waals surface area contributed by atoms with Gasteiger partial charge in [-0.05, 0) is 36.9 Å². The lowest BCUT2D eigenvalue weighted by Crippen LogP contribution is -2.53. The Morgan fingerprint density at radius 3 is 2.70 bits per heavy atom. The predicted octanol–water partition coefficient (Wildman–Crippen LogP) is 2.25. The fraction of sp³-hybridized carbons (Fsp3) is 0.389. The standard InChI is InChI=1S/C18H21FN2O2/c1-21(10-18(11-22)12-23-13-18)17(16-7-2-3-8-20-16)14-5-4-6-15(19)9-14/h2-9,17,22H,10-13H2,1H3. The molecule has 1 atom stereocenters. The van der Waals surface area contributed by atoms with Gasteiger partial charge >= 0.3 is 0 Å². The zero-order chi connectivity index (χ0) is 16.3. The minimum absolute atomic E-state index is 0.0788. The van der Waals surface area contributed by atoms with Crippen molar-refractivity contribution in [1.29, 1.82) is 0 Å². The maximum atomic E-state index is 13.7. The van der Waals surface area contributed by atoms with Crippen molar-refractivity contribution in [2.24, 2.45) is 5.41 Å². The molecule has 3 rings (SSSR count). The number of ether oxygens (including phenoxy) is 1. The molecule has 0 aliphatic carbocycles. The Morgan fingerprint density at radius 1 is 1.30 bits per heavy atom. The Balaban J connectivity index is 1.92. The Hall–Kier alpha value is -1.82. The Bertz CT molecular complexity index is 641. The average Bonchev–Trinajstić information content (AvgIpc) is 2.52. The lowest BCUT2D eigenvalue weighted by atomic mass is 9.85. The number of benzene rings is 1. The third-order valence-corrected chi connectivity index (χ3v) is 4.31. The highest BCUT2D eigenvalue weighted by Crippen LogP contribution is 2.33. The van der Waals surface area contributed by atoms with Crippen molar-refractivity contribution in [1.82, 2.24) is 9.88 Å². The van der Waals surface area contributed by atoms with Gasteiger partial charge in [0.2, 0.25) is 0 Å². The second-order valence-electron chi connectivity index (χ2n) is 6.28. The molecule has 2 aromatic rings. The zero-order valence-corrected chi connectivity index (χ0v) is 13.2. The van der Waals surface area contributed by atoms with Crippen LogP contribution in [0.3, 0.4) is 0 Å². The van der Waals surface area contributed by atoms with Gasteiger partial charge in [-0.25, -0.2) is 4.39 Å². The largest absolute Gasteiger partial charge is 0.396 e. The summed E-state index contributed by atoms with van der Waals surface area (Å²) in [5, 5.41) is 9.67. The van der Waals surface area contributed by atoms with Crippen LogP contribution in [0.15, 0.2) is 48.7 Å². The number of halogens is 1. The van der Waals surface area contributed by atoms with Crippen molar-refractivity contribution >= 4 is 0 Å². The Morgan fingerprint density at radius 2 is 2.13 bits per heavy atom. The van der Waals surface area contributed by atoms with Gasteiger partial charge in [0.05, 0.1) is 37.0 Å². The molecular formula is C18H21FN2O2. The molecule has 1 fully saturated rings. The first-order chi connectivity index (χ1) is 11.1. The molecule has 1 aliphatic rings. The van der Waals surface area contributed by atoms with E-state index in [0.29, 0.717) is 19.8 Å². The first kappa shape index (κ1) is 16.1. The number of hydrogen-bond acceptors (Lipinski definition) is 4. The molecule has 122 valence electrons. The van der Waals surface area contributed by atoms with E-state index in [2.05, 4.69) is 9.88 Å². The summed E-state index contributed by atoms with van der Waals surface area (Å²) < 4.78 is 19.0. The predicted molar refractivity (Wildman–Crippen MR) is 85.4 cm³/mol. The van der Waals surface area contributed by atoms with Gasteiger partial charge in [-0.3, -0.25) is 9.88 Å². The average molecular weight is 316 g/mol. The van der Waals surface area contributed by atoms with Gasteiger partial charge < -0.3 is 9.84 Å². The summed E-state index contributed by atoms with van der Waals surface area (Å²) in [6, 6.07) is 12.2. The molecule has 1 unspecified atom stereocenters. The van der Waals surface area contributed by atoms with Gasteiger partial charge in [0.1, 0.15) is 5.82 Å². The summed E-state index contributed by atoms with van der Waals surface area (Å²) in [6.45, 7) is 1.83. The van der Waals surface area contributed by atoms with Crippen LogP contribution in [0.2, 0.25) is 0 Å². The molecule has 4 nitrogen and oxygen atoms in total. The van der Waals surface area contributed by atoms with E-state index in [4.69, 9.17) is 4.74 Å². The number of aliphatic hydroxyl groups excluding tert-OH is 1. The van der Waals surface area contributed by atoms with Crippen LogP contribution in [-0.4, -0.2) is 48.4 Å². The van der Waals surface area contributed by atoms with E-state index >= 15 is 0 Å². The van der Waals surface area contributed by atoms with Gasteiger partial charge in [0, 0.05) is 12.7 Å². The second kappa shape index (κ2) is 6.74.